The predicted octanol–water partition coefficient (Wildman–Crippen LogP) is 4.79. The summed E-state index contributed by atoms with van der Waals surface area (Å²) in [5.74, 6) is -1.55. The molecule has 2 aromatic carbocycles. The van der Waals surface area contributed by atoms with Gasteiger partial charge in [0.15, 0.2) is 11.8 Å². The Kier molecular flexibility index (Phi) is 5.83. The van der Waals surface area contributed by atoms with Gasteiger partial charge in [0, 0.05) is 21.7 Å². The van der Waals surface area contributed by atoms with E-state index in [2.05, 4.69) is 10.3 Å². The molecule has 0 fully saturated rings. The lowest BCUT2D eigenvalue weighted by atomic mass is 10.2. The van der Waals surface area contributed by atoms with Gasteiger partial charge in [-0.15, -0.1) is 11.3 Å². The summed E-state index contributed by atoms with van der Waals surface area (Å²) in [4.78, 5) is 28.6. The van der Waals surface area contributed by atoms with E-state index in [9.17, 15) is 14.0 Å². The Balaban J connectivity index is 1.62. The number of amides is 1. The number of halogens is 2. The van der Waals surface area contributed by atoms with Gasteiger partial charge in [0.1, 0.15) is 10.8 Å². The molecule has 1 atom stereocenters. The molecule has 5 nitrogen and oxygen atoms in total. The highest BCUT2D eigenvalue weighted by Gasteiger charge is 2.21. The largest absolute Gasteiger partial charge is 0.448 e. The fourth-order valence-corrected chi connectivity index (χ4v) is 3.16. The molecule has 1 amide bonds. The van der Waals surface area contributed by atoms with E-state index in [0.29, 0.717) is 21.3 Å². The molecule has 138 valence electrons. The molecule has 0 aliphatic carbocycles. The molecule has 3 aromatic rings. The number of nitrogens with one attached hydrogen (secondary N) is 1. The third-order valence-corrected chi connectivity index (χ3v) is 4.68. The summed E-state index contributed by atoms with van der Waals surface area (Å²) in [7, 11) is 0. The van der Waals surface area contributed by atoms with Gasteiger partial charge in [0.2, 0.25) is 0 Å². The number of thiazole rings is 1. The van der Waals surface area contributed by atoms with Gasteiger partial charge >= 0.3 is 5.97 Å². The zero-order valence-electron chi connectivity index (χ0n) is 14.1. The van der Waals surface area contributed by atoms with Crippen molar-refractivity contribution < 1.29 is 18.7 Å². The van der Waals surface area contributed by atoms with Crippen molar-refractivity contribution in [1.29, 1.82) is 0 Å². The van der Waals surface area contributed by atoms with E-state index in [1.807, 2.05) is 0 Å². The number of esters is 1. The fourth-order valence-electron chi connectivity index (χ4n) is 2.18. The monoisotopic (exact) mass is 404 g/mol. The van der Waals surface area contributed by atoms with Crippen molar-refractivity contribution in [3.05, 3.63) is 70.4 Å². The number of hydrogen-bond acceptors (Lipinski definition) is 5. The Bertz CT molecular complexity index is 975. The van der Waals surface area contributed by atoms with Crippen LogP contribution < -0.4 is 5.32 Å². The Morgan fingerprint density at radius 3 is 2.67 bits per heavy atom. The Hall–Kier alpha value is -2.77. The number of hydrogen-bond donors (Lipinski definition) is 1. The lowest BCUT2D eigenvalue weighted by Gasteiger charge is -2.12. The van der Waals surface area contributed by atoms with Gasteiger partial charge in [-0.2, -0.15) is 0 Å². The first-order valence-electron chi connectivity index (χ1n) is 7.91. The van der Waals surface area contributed by atoms with Crippen LogP contribution in [0, 0.1) is 5.82 Å². The van der Waals surface area contributed by atoms with E-state index in [1.54, 1.807) is 36.4 Å². The maximum Gasteiger partial charge on any atom is 0.358 e. The summed E-state index contributed by atoms with van der Waals surface area (Å²) in [6, 6.07) is 12.4. The highest BCUT2D eigenvalue weighted by molar-refractivity contribution is 7.13. The lowest BCUT2D eigenvalue weighted by molar-refractivity contribution is -0.123. The smallest absolute Gasteiger partial charge is 0.358 e. The second kappa shape index (κ2) is 8.28. The van der Waals surface area contributed by atoms with Crippen LogP contribution in [0.15, 0.2) is 53.9 Å². The van der Waals surface area contributed by atoms with Gasteiger partial charge in [-0.05, 0) is 49.4 Å². The van der Waals surface area contributed by atoms with Crippen molar-refractivity contribution in [3.63, 3.8) is 0 Å². The van der Waals surface area contributed by atoms with Crippen molar-refractivity contribution in [2.24, 2.45) is 0 Å². The molecule has 0 saturated carbocycles. The normalized spacial score (nSPS) is 11.7. The summed E-state index contributed by atoms with van der Waals surface area (Å²) in [6.45, 7) is 1.46. The quantitative estimate of drug-likeness (QED) is 0.621. The predicted molar refractivity (Wildman–Crippen MR) is 102 cm³/mol. The van der Waals surface area contributed by atoms with Crippen molar-refractivity contribution >= 4 is 40.5 Å². The number of ether oxygens (including phenoxy) is 1. The summed E-state index contributed by atoms with van der Waals surface area (Å²) in [6.07, 6.45) is -1.02. The second-order valence-corrected chi connectivity index (χ2v) is 6.89. The number of benzene rings is 2. The maximum absolute atomic E-state index is 13.0. The molecule has 1 aromatic heterocycles. The van der Waals surface area contributed by atoms with E-state index in [-0.39, 0.29) is 11.5 Å². The third-order valence-electron chi connectivity index (χ3n) is 3.55. The maximum atomic E-state index is 13.0. The molecule has 1 N–H and O–H groups in total. The second-order valence-electron chi connectivity index (χ2n) is 5.59. The summed E-state index contributed by atoms with van der Waals surface area (Å²) < 4.78 is 18.2. The van der Waals surface area contributed by atoms with Crippen molar-refractivity contribution in [3.8, 4) is 10.6 Å². The van der Waals surface area contributed by atoms with Crippen LogP contribution in [-0.4, -0.2) is 23.0 Å². The van der Waals surface area contributed by atoms with E-state index in [4.69, 9.17) is 16.3 Å². The molecule has 0 bridgehead atoms. The first-order chi connectivity index (χ1) is 12.9. The lowest BCUT2D eigenvalue weighted by Crippen LogP contribution is -2.30. The van der Waals surface area contributed by atoms with Gasteiger partial charge in [-0.1, -0.05) is 17.7 Å². The first kappa shape index (κ1) is 19.0. The van der Waals surface area contributed by atoms with Gasteiger partial charge in [0.25, 0.3) is 5.91 Å². The minimum absolute atomic E-state index is 0.0849. The standard InChI is InChI=1S/C19H14ClFN2O3S/c1-11(17(24)22-15-4-2-3-13(20)9-15)26-19(25)16-10-27-18(23-16)12-5-7-14(21)8-6-12/h2-11H,1H3,(H,22,24)/t11-/m1/s1. The van der Waals surface area contributed by atoms with E-state index in [1.165, 1.54) is 35.8 Å². The van der Waals surface area contributed by atoms with Crippen LogP contribution in [0.5, 0.6) is 0 Å². The van der Waals surface area contributed by atoms with Gasteiger partial charge in [0.05, 0.1) is 0 Å². The SMILES string of the molecule is C[C@@H](OC(=O)c1csc(-c2ccc(F)cc2)n1)C(=O)Nc1cccc(Cl)c1. The fraction of sp³-hybridized carbons (Fsp3) is 0.105. The molecule has 0 aliphatic rings. The van der Waals surface area contributed by atoms with Crippen molar-refractivity contribution in [1.82, 2.24) is 4.98 Å². The van der Waals surface area contributed by atoms with E-state index < -0.39 is 18.0 Å². The van der Waals surface area contributed by atoms with Gasteiger partial charge < -0.3 is 10.1 Å². The van der Waals surface area contributed by atoms with Crippen molar-refractivity contribution in [2.45, 2.75) is 13.0 Å². The molecule has 0 saturated heterocycles. The summed E-state index contributed by atoms with van der Waals surface area (Å²) in [5, 5.41) is 5.19. The number of anilines is 1. The van der Waals surface area contributed by atoms with Gasteiger partial charge in [-0.25, -0.2) is 14.2 Å². The number of carbonyl (C=O) groups is 2. The van der Waals surface area contributed by atoms with Crippen LogP contribution in [0.2, 0.25) is 5.02 Å². The van der Waals surface area contributed by atoms with Crippen molar-refractivity contribution in [2.75, 3.05) is 5.32 Å². The molecule has 3 rings (SSSR count). The topological polar surface area (TPSA) is 68.3 Å². The number of aromatic nitrogens is 1. The number of rotatable bonds is 5. The molecule has 0 radical (unpaired) electrons. The highest BCUT2D eigenvalue weighted by Crippen LogP contribution is 2.24. The zero-order chi connectivity index (χ0) is 19.4. The van der Waals surface area contributed by atoms with Crippen LogP contribution in [0.4, 0.5) is 10.1 Å². The van der Waals surface area contributed by atoms with E-state index in [0.717, 1.165) is 0 Å². The third kappa shape index (κ3) is 4.90. The Morgan fingerprint density at radius 1 is 1.22 bits per heavy atom. The number of carbonyl (C=O) groups excluding carboxylic acids is 2. The van der Waals surface area contributed by atoms with Crippen LogP contribution in [0.25, 0.3) is 10.6 Å². The van der Waals surface area contributed by atoms with Crippen LogP contribution in [0.1, 0.15) is 17.4 Å². The average Bonchev–Trinajstić information content (AvgIpc) is 3.12. The minimum atomic E-state index is -1.02. The molecule has 1 heterocycles. The first-order valence-corrected chi connectivity index (χ1v) is 9.17. The van der Waals surface area contributed by atoms with Crippen LogP contribution >= 0.6 is 22.9 Å². The summed E-state index contributed by atoms with van der Waals surface area (Å²) in [5.41, 5.74) is 1.27. The zero-order valence-corrected chi connectivity index (χ0v) is 15.7. The van der Waals surface area contributed by atoms with Gasteiger partial charge in [-0.3, -0.25) is 4.79 Å². The van der Waals surface area contributed by atoms with Crippen LogP contribution in [-0.2, 0) is 9.53 Å². The molecular weight excluding hydrogens is 391 g/mol. The summed E-state index contributed by atoms with van der Waals surface area (Å²) >= 11 is 7.10. The molecule has 8 heteroatoms. The number of nitrogens with zero attached hydrogens (tertiary/aromatic N) is 1. The minimum Gasteiger partial charge on any atom is -0.448 e. The highest BCUT2D eigenvalue weighted by atomic mass is 35.5. The molecule has 0 spiro atoms. The average molecular weight is 405 g/mol. The molecular formula is C19H14ClFN2O3S. The molecule has 27 heavy (non-hydrogen) atoms. The van der Waals surface area contributed by atoms with Crippen LogP contribution in [0.3, 0.4) is 0 Å². The Morgan fingerprint density at radius 2 is 1.96 bits per heavy atom. The molecule has 0 aliphatic heterocycles. The Labute approximate surface area is 163 Å². The van der Waals surface area contributed by atoms with E-state index >= 15 is 0 Å². The molecule has 0 unspecified atom stereocenters.